The Morgan fingerprint density at radius 3 is 1.36 bits per heavy atom. The Kier molecular flexibility index (Phi) is 10.0. The number of rotatable bonds is 13. The molecule has 4 aromatic rings. The molecule has 0 N–H and O–H groups in total. The number of ether oxygens (including phenoxy) is 4. The van der Waals surface area contributed by atoms with Crippen LogP contribution in [0.5, 0.6) is 0 Å². The predicted octanol–water partition coefficient (Wildman–Crippen LogP) is 6.41. The highest BCUT2D eigenvalue weighted by Crippen LogP contribution is 2.25. The summed E-state index contributed by atoms with van der Waals surface area (Å²) in [6, 6.07) is 40.5. The van der Waals surface area contributed by atoms with Crippen molar-refractivity contribution < 1.29 is 18.9 Å². The number of hydrogen-bond acceptors (Lipinski definition) is 5. The molecule has 1 aliphatic rings. The molecule has 0 aliphatic carbocycles. The highest BCUT2D eigenvalue weighted by Gasteiger charge is 2.40. The average Bonchev–Trinajstić information content (AvgIpc) is 3.00. The van der Waals surface area contributed by atoms with E-state index in [1.165, 1.54) is 0 Å². The van der Waals surface area contributed by atoms with Gasteiger partial charge < -0.3 is 18.9 Å². The Morgan fingerprint density at radius 2 is 0.872 bits per heavy atom. The summed E-state index contributed by atoms with van der Waals surface area (Å²) in [5.74, 6) is 0. The minimum Gasteiger partial charge on any atom is -0.374 e. The Morgan fingerprint density at radius 1 is 0.462 bits per heavy atom. The van der Waals surface area contributed by atoms with Gasteiger partial charge in [0.1, 0.15) is 24.4 Å². The van der Waals surface area contributed by atoms with Crippen molar-refractivity contribution in [3.8, 4) is 0 Å². The molecule has 0 saturated carbocycles. The van der Waals surface area contributed by atoms with Gasteiger partial charge in [0.25, 0.3) is 0 Å². The van der Waals surface area contributed by atoms with Crippen LogP contribution in [0.15, 0.2) is 126 Å². The lowest BCUT2D eigenvalue weighted by Gasteiger charge is -2.38. The van der Waals surface area contributed by atoms with Crippen molar-refractivity contribution in [2.24, 2.45) is 4.99 Å². The lowest BCUT2D eigenvalue weighted by molar-refractivity contribution is -0.149. The molecule has 0 saturated heterocycles. The number of hydrogen-bond donors (Lipinski definition) is 0. The third kappa shape index (κ3) is 8.19. The fourth-order valence-corrected chi connectivity index (χ4v) is 4.61. The minimum atomic E-state index is -0.361. The smallest absolute Gasteiger partial charge is 0.121 e. The largest absolute Gasteiger partial charge is 0.374 e. The van der Waals surface area contributed by atoms with E-state index in [0.717, 1.165) is 22.3 Å². The van der Waals surface area contributed by atoms with Crippen molar-refractivity contribution >= 4 is 6.21 Å². The second-order valence-electron chi connectivity index (χ2n) is 9.65. The number of benzene rings is 4. The van der Waals surface area contributed by atoms with Crippen LogP contribution in [0.1, 0.15) is 22.3 Å². The molecule has 0 aromatic heterocycles. The maximum absolute atomic E-state index is 6.57. The lowest BCUT2D eigenvalue weighted by Crippen LogP contribution is -2.53. The molecule has 0 spiro atoms. The zero-order valence-corrected chi connectivity index (χ0v) is 22.0. The summed E-state index contributed by atoms with van der Waals surface area (Å²) in [7, 11) is 0. The van der Waals surface area contributed by atoms with Gasteiger partial charge in [-0.1, -0.05) is 121 Å². The molecule has 1 heterocycles. The van der Waals surface area contributed by atoms with Gasteiger partial charge in [0.05, 0.1) is 33.0 Å². The van der Waals surface area contributed by atoms with Crippen LogP contribution in [0.4, 0.5) is 0 Å². The second-order valence-corrected chi connectivity index (χ2v) is 9.65. The van der Waals surface area contributed by atoms with Crippen LogP contribution in [-0.4, -0.2) is 37.2 Å². The van der Waals surface area contributed by atoms with Crippen LogP contribution in [0.3, 0.4) is 0 Å². The van der Waals surface area contributed by atoms with Gasteiger partial charge in [0.2, 0.25) is 0 Å². The van der Waals surface area contributed by atoms with Gasteiger partial charge in [-0.05, 0) is 22.3 Å². The van der Waals surface area contributed by atoms with Gasteiger partial charge >= 0.3 is 0 Å². The Labute approximate surface area is 231 Å². The van der Waals surface area contributed by atoms with Gasteiger partial charge in [-0.15, -0.1) is 0 Å². The lowest BCUT2D eigenvalue weighted by atomic mass is 9.97. The zero-order valence-electron chi connectivity index (χ0n) is 22.0. The van der Waals surface area contributed by atoms with Gasteiger partial charge in [-0.3, -0.25) is 4.99 Å². The van der Waals surface area contributed by atoms with E-state index in [1.54, 1.807) is 0 Å². The molecule has 4 atom stereocenters. The standard InChI is InChI=1S/C34H35NO4/c1-5-13-27(14-6-1)22-36-26-31-33(38-24-29-17-9-3-10-18-29)34(39-25-30-19-11-4-12-20-30)32(21-35-31)37-23-28-15-7-2-8-16-28/h1-21,31-34H,22-26H2/t31-,32-,33-,34-/m1/s1. The van der Waals surface area contributed by atoms with E-state index in [4.69, 9.17) is 23.9 Å². The zero-order chi connectivity index (χ0) is 26.5. The number of nitrogens with zero attached hydrogens (tertiary/aromatic N) is 1. The summed E-state index contributed by atoms with van der Waals surface area (Å²) in [4.78, 5) is 4.87. The average molecular weight is 522 g/mol. The summed E-state index contributed by atoms with van der Waals surface area (Å²) in [5, 5.41) is 0. The van der Waals surface area contributed by atoms with Crippen LogP contribution < -0.4 is 0 Å². The Bertz CT molecular complexity index is 1250. The summed E-state index contributed by atoms with van der Waals surface area (Å²) >= 11 is 0. The van der Waals surface area contributed by atoms with E-state index in [0.29, 0.717) is 33.0 Å². The third-order valence-corrected chi connectivity index (χ3v) is 6.71. The van der Waals surface area contributed by atoms with E-state index >= 15 is 0 Å². The van der Waals surface area contributed by atoms with Crippen LogP contribution in [0.2, 0.25) is 0 Å². The molecule has 0 bridgehead atoms. The molecular formula is C34H35NO4. The molecule has 0 amide bonds. The second kappa shape index (κ2) is 14.5. The molecule has 1 aliphatic heterocycles. The van der Waals surface area contributed by atoms with Crippen molar-refractivity contribution in [3.63, 3.8) is 0 Å². The first-order chi connectivity index (χ1) is 19.3. The third-order valence-electron chi connectivity index (χ3n) is 6.71. The van der Waals surface area contributed by atoms with Gasteiger partial charge in [-0.2, -0.15) is 0 Å². The van der Waals surface area contributed by atoms with Gasteiger partial charge in [0.15, 0.2) is 0 Å². The molecule has 0 unspecified atom stereocenters. The fourth-order valence-electron chi connectivity index (χ4n) is 4.61. The first kappa shape index (κ1) is 27.0. The summed E-state index contributed by atoms with van der Waals surface area (Å²) in [6.07, 6.45) is 0.799. The van der Waals surface area contributed by atoms with Crippen LogP contribution >= 0.6 is 0 Å². The molecule has 0 fully saturated rings. The minimum absolute atomic E-state index is 0.227. The first-order valence-corrected chi connectivity index (χ1v) is 13.5. The molecule has 5 heteroatoms. The van der Waals surface area contributed by atoms with E-state index < -0.39 is 0 Å². The molecule has 39 heavy (non-hydrogen) atoms. The predicted molar refractivity (Wildman–Crippen MR) is 153 cm³/mol. The monoisotopic (exact) mass is 521 g/mol. The van der Waals surface area contributed by atoms with Crippen LogP contribution in [0, 0.1) is 0 Å². The Hall–Kier alpha value is -3.61. The quantitative estimate of drug-likeness (QED) is 0.204. The molecular weight excluding hydrogens is 486 g/mol. The summed E-state index contributed by atoms with van der Waals surface area (Å²) in [6.45, 7) is 2.30. The first-order valence-electron chi connectivity index (χ1n) is 13.5. The van der Waals surface area contributed by atoms with Crippen LogP contribution in [-0.2, 0) is 45.4 Å². The van der Waals surface area contributed by atoms with Gasteiger partial charge in [-0.25, -0.2) is 0 Å². The highest BCUT2D eigenvalue weighted by atomic mass is 16.6. The van der Waals surface area contributed by atoms with Crippen molar-refractivity contribution in [2.45, 2.75) is 50.8 Å². The number of aliphatic imine (C=N–C) groups is 1. The van der Waals surface area contributed by atoms with E-state index in [-0.39, 0.29) is 24.4 Å². The van der Waals surface area contributed by atoms with Crippen molar-refractivity contribution in [2.75, 3.05) is 6.61 Å². The summed E-state index contributed by atoms with van der Waals surface area (Å²) in [5.41, 5.74) is 4.42. The molecule has 4 aromatic carbocycles. The summed E-state index contributed by atoms with van der Waals surface area (Å²) < 4.78 is 25.6. The van der Waals surface area contributed by atoms with Gasteiger partial charge in [0, 0.05) is 6.21 Å². The Balaban J connectivity index is 1.34. The van der Waals surface area contributed by atoms with Crippen LogP contribution in [0.25, 0.3) is 0 Å². The van der Waals surface area contributed by atoms with E-state index in [1.807, 2.05) is 79.0 Å². The van der Waals surface area contributed by atoms with Crippen molar-refractivity contribution in [1.82, 2.24) is 0 Å². The fraction of sp³-hybridized carbons (Fsp3) is 0.265. The topological polar surface area (TPSA) is 49.3 Å². The maximum atomic E-state index is 6.57. The van der Waals surface area contributed by atoms with E-state index in [9.17, 15) is 0 Å². The van der Waals surface area contributed by atoms with Crippen molar-refractivity contribution in [1.29, 1.82) is 0 Å². The highest BCUT2D eigenvalue weighted by molar-refractivity contribution is 5.66. The molecule has 5 rings (SSSR count). The molecule has 200 valence electrons. The maximum Gasteiger partial charge on any atom is 0.121 e. The van der Waals surface area contributed by atoms with Crippen molar-refractivity contribution in [3.05, 3.63) is 144 Å². The molecule has 0 radical (unpaired) electrons. The van der Waals surface area contributed by atoms with E-state index in [2.05, 4.69) is 48.5 Å². The SMILES string of the molecule is C1=N[C@H](COCc2ccccc2)[C@@H](OCc2ccccc2)[C@H](OCc2ccccc2)[C@@H]1OCc1ccccc1. The normalized spacial score (nSPS) is 20.6. The molecule has 5 nitrogen and oxygen atoms in total.